The maximum atomic E-state index is 12.8. The average molecular weight is 336 g/mol. The molecule has 130 valence electrons. The van der Waals surface area contributed by atoms with Gasteiger partial charge in [0.1, 0.15) is 5.82 Å². The predicted octanol–water partition coefficient (Wildman–Crippen LogP) is 2.62. The normalized spacial score (nSPS) is 18.4. The van der Waals surface area contributed by atoms with Crippen molar-refractivity contribution < 1.29 is 4.79 Å². The summed E-state index contributed by atoms with van der Waals surface area (Å²) in [4.78, 5) is 26.1. The average Bonchev–Trinajstić information content (AvgIpc) is 3.48. The SMILES string of the molecule is Cc1nc(C2CC2)ncc1C(=O)N1CCN(Cc2ccccc2)CC1. The first-order chi connectivity index (χ1) is 12.2. The van der Waals surface area contributed by atoms with Crippen LogP contribution in [0.1, 0.15) is 46.2 Å². The predicted molar refractivity (Wildman–Crippen MR) is 96.4 cm³/mol. The van der Waals surface area contributed by atoms with E-state index in [2.05, 4.69) is 39.1 Å². The van der Waals surface area contributed by atoms with E-state index in [1.54, 1.807) is 6.20 Å². The van der Waals surface area contributed by atoms with Crippen molar-refractivity contribution in [3.05, 3.63) is 59.2 Å². The molecular formula is C20H24N4O. The van der Waals surface area contributed by atoms with Crippen molar-refractivity contribution in [2.24, 2.45) is 0 Å². The Morgan fingerprint density at radius 1 is 1.12 bits per heavy atom. The molecule has 25 heavy (non-hydrogen) atoms. The maximum Gasteiger partial charge on any atom is 0.257 e. The fraction of sp³-hybridized carbons (Fsp3) is 0.450. The van der Waals surface area contributed by atoms with Crippen molar-refractivity contribution in [1.82, 2.24) is 19.8 Å². The highest BCUT2D eigenvalue weighted by molar-refractivity contribution is 5.95. The second-order valence-corrected chi connectivity index (χ2v) is 7.06. The summed E-state index contributed by atoms with van der Waals surface area (Å²) in [5.41, 5.74) is 2.79. The van der Waals surface area contributed by atoms with Crippen LogP contribution in [0.5, 0.6) is 0 Å². The number of aromatic nitrogens is 2. The van der Waals surface area contributed by atoms with Gasteiger partial charge in [0.25, 0.3) is 5.91 Å². The number of hydrogen-bond donors (Lipinski definition) is 0. The third-order valence-corrected chi connectivity index (χ3v) is 5.08. The van der Waals surface area contributed by atoms with Crippen molar-refractivity contribution in [2.45, 2.75) is 32.2 Å². The topological polar surface area (TPSA) is 49.3 Å². The van der Waals surface area contributed by atoms with Crippen molar-refractivity contribution in [3.8, 4) is 0 Å². The molecule has 1 saturated carbocycles. The highest BCUT2D eigenvalue weighted by Gasteiger charge is 2.28. The Labute approximate surface area is 148 Å². The molecule has 2 heterocycles. The molecule has 0 bridgehead atoms. The van der Waals surface area contributed by atoms with Crippen molar-refractivity contribution in [1.29, 1.82) is 0 Å². The van der Waals surface area contributed by atoms with Gasteiger partial charge in [0.15, 0.2) is 0 Å². The molecule has 0 N–H and O–H groups in total. The first-order valence-corrected chi connectivity index (χ1v) is 9.10. The molecule has 1 aliphatic carbocycles. The molecule has 0 atom stereocenters. The van der Waals surface area contributed by atoms with E-state index in [9.17, 15) is 4.79 Å². The molecule has 2 aliphatic rings. The van der Waals surface area contributed by atoms with Crippen LogP contribution < -0.4 is 0 Å². The lowest BCUT2D eigenvalue weighted by Gasteiger charge is -2.34. The zero-order chi connectivity index (χ0) is 17.2. The smallest absolute Gasteiger partial charge is 0.257 e. The van der Waals surface area contributed by atoms with Gasteiger partial charge >= 0.3 is 0 Å². The molecule has 1 amide bonds. The van der Waals surface area contributed by atoms with Gasteiger partial charge in [-0.15, -0.1) is 0 Å². The molecule has 2 fully saturated rings. The number of piperazine rings is 1. The molecule has 5 heteroatoms. The largest absolute Gasteiger partial charge is 0.336 e. The Morgan fingerprint density at radius 3 is 2.48 bits per heavy atom. The molecule has 1 aromatic carbocycles. The lowest BCUT2D eigenvalue weighted by Crippen LogP contribution is -2.48. The monoisotopic (exact) mass is 336 g/mol. The van der Waals surface area contributed by atoms with Crippen LogP contribution in [0.4, 0.5) is 0 Å². The summed E-state index contributed by atoms with van der Waals surface area (Å²) < 4.78 is 0. The summed E-state index contributed by atoms with van der Waals surface area (Å²) in [6, 6.07) is 10.5. The van der Waals surface area contributed by atoms with Crippen molar-refractivity contribution >= 4 is 5.91 Å². The Morgan fingerprint density at radius 2 is 1.84 bits per heavy atom. The van der Waals surface area contributed by atoms with Crippen LogP contribution in [0, 0.1) is 6.92 Å². The number of carbonyl (C=O) groups excluding carboxylic acids is 1. The van der Waals surface area contributed by atoms with Gasteiger partial charge in [0.05, 0.1) is 11.3 Å². The van der Waals surface area contributed by atoms with Crippen LogP contribution in [-0.2, 0) is 6.54 Å². The molecule has 2 aromatic rings. The van der Waals surface area contributed by atoms with E-state index in [4.69, 9.17) is 0 Å². The number of benzene rings is 1. The molecular weight excluding hydrogens is 312 g/mol. The molecule has 4 rings (SSSR count). The summed E-state index contributed by atoms with van der Waals surface area (Å²) in [7, 11) is 0. The number of rotatable bonds is 4. The lowest BCUT2D eigenvalue weighted by molar-refractivity contribution is 0.0626. The van der Waals surface area contributed by atoms with Gasteiger partial charge in [-0.2, -0.15) is 0 Å². The molecule has 1 aromatic heterocycles. The Balaban J connectivity index is 1.36. The van der Waals surface area contributed by atoms with Gasteiger partial charge in [0.2, 0.25) is 0 Å². The number of aryl methyl sites for hydroxylation is 1. The summed E-state index contributed by atoms with van der Waals surface area (Å²) in [5.74, 6) is 1.49. The highest BCUT2D eigenvalue weighted by atomic mass is 16.2. The molecule has 0 unspecified atom stereocenters. The van der Waals surface area contributed by atoms with Crippen molar-refractivity contribution in [3.63, 3.8) is 0 Å². The summed E-state index contributed by atoms with van der Waals surface area (Å²) in [6.45, 7) is 6.19. The van der Waals surface area contributed by atoms with E-state index in [0.29, 0.717) is 11.5 Å². The molecule has 5 nitrogen and oxygen atoms in total. The number of hydrogen-bond acceptors (Lipinski definition) is 4. The number of amides is 1. The standard InChI is InChI=1S/C20H24N4O/c1-15-18(13-21-19(22-15)17-7-8-17)20(25)24-11-9-23(10-12-24)14-16-5-3-2-4-6-16/h2-6,13,17H,7-12,14H2,1H3. The van der Waals surface area contributed by atoms with E-state index < -0.39 is 0 Å². The fourth-order valence-electron chi connectivity index (χ4n) is 3.35. The fourth-order valence-corrected chi connectivity index (χ4v) is 3.35. The van der Waals surface area contributed by atoms with Crippen LogP contribution in [0.3, 0.4) is 0 Å². The van der Waals surface area contributed by atoms with E-state index in [1.165, 1.54) is 18.4 Å². The number of nitrogens with zero attached hydrogens (tertiary/aromatic N) is 4. The van der Waals surface area contributed by atoms with Gasteiger partial charge in [0, 0.05) is 44.8 Å². The highest BCUT2D eigenvalue weighted by Crippen LogP contribution is 2.38. The first kappa shape index (κ1) is 16.2. The van der Waals surface area contributed by atoms with E-state index >= 15 is 0 Å². The van der Waals surface area contributed by atoms with Crippen LogP contribution >= 0.6 is 0 Å². The third-order valence-electron chi connectivity index (χ3n) is 5.08. The molecule has 1 saturated heterocycles. The summed E-state index contributed by atoms with van der Waals surface area (Å²) in [6.07, 6.45) is 4.08. The van der Waals surface area contributed by atoms with E-state index in [1.807, 2.05) is 17.9 Å². The zero-order valence-electron chi connectivity index (χ0n) is 14.7. The van der Waals surface area contributed by atoms with Crippen LogP contribution in [-0.4, -0.2) is 51.9 Å². The molecule has 1 aliphatic heterocycles. The van der Waals surface area contributed by atoms with Gasteiger partial charge < -0.3 is 4.90 Å². The first-order valence-electron chi connectivity index (χ1n) is 9.10. The Bertz CT molecular complexity index is 750. The van der Waals surface area contributed by atoms with Crippen LogP contribution in [0.2, 0.25) is 0 Å². The molecule has 0 spiro atoms. The molecule has 0 radical (unpaired) electrons. The van der Waals surface area contributed by atoms with E-state index in [-0.39, 0.29) is 5.91 Å². The van der Waals surface area contributed by atoms with Gasteiger partial charge in [-0.25, -0.2) is 9.97 Å². The second kappa shape index (κ2) is 6.92. The zero-order valence-corrected chi connectivity index (χ0v) is 14.7. The third kappa shape index (κ3) is 3.71. The van der Waals surface area contributed by atoms with Gasteiger partial charge in [-0.3, -0.25) is 9.69 Å². The van der Waals surface area contributed by atoms with E-state index in [0.717, 1.165) is 44.2 Å². The maximum absolute atomic E-state index is 12.8. The van der Waals surface area contributed by atoms with Crippen LogP contribution in [0.25, 0.3) is 0 Å². The lowest BCUT2D eigenvalue weighted by atomic mass is 10.1. The minimum absolute atomic E-state index is 0.0687. The van der Waals surface area contributed by atoms with Crippen molar-refractivity contribution in [2.75, 3.05) is 26.2 Å². The Hall–Kier alpha value is -2.27. The Kier molecular flexibility index (Phi) is 4.49. The number of carbonyl (C=O) groups is 1. The van der Waals surface area contributed by atoms with Gasteiger partial charge in [-0.1, -0.05) is 30.3 Å². The van der Waals surface area contributed by atoms with Gasteiger partial charge in [-0.05, 0) is 25.3 Å². The second-order valence-electron chi connectivity index (χ2n) is 7.06. The minimum Gasteiger partial charge on any atom is -0.336 e. The van der Waals surface area contributed by atoms with Crippen LogP contribution in [0.15, 0.2) is 36.5 Å². The minimum atomic E-state index is 0.0687. The summed E-state index contributed by atoms with van der Waals surface area (Å²) in [5, 5.41) is 0. The quantitative estimate of drug-likeness (QED) is 0.861. The summed E-state index contributed by atoms with van der Waals surface area (Å²) >= 11 is 0.